The molecular weight excluding hydrogens is 780 g/mol. The number of fused-ring (bicyclic) bond motifs is 2. The zero-order chi connectivity index (χ0) is 42.6. The minimum absolute atomic E-state index is 0.0907. The smallest absolute Gasteiger partial charge is 0.274 e. The Balaban J connectivity index is 0.732. The fraction of sp³-hybridized carbons (Fsp3) is 0.500. The summed E-state index contributed by atoms with van der Waals surface area (Å²) in [5.74, 6) is -0.794. The molecule has 0 bridgehead atoms. The van der Waals surface area contributed by atoms with Crippen LogP contribution in [0.2, 0.25) is 0 Å². The quantitative estimate of drug-likeness (QED) is 0.140. The van der Waals surface area contributed by atoms with Gasteiger partial charge in [-0.15, -0.1) is 0 Å². The molecule has 61 heavy (non-hydrogen) atoms. The molecule has 5 aliphatic rings. The Hall–Kier alpha value is -5.70. The standard InChI is InChI=1S/C46H53FN8O6/c1-45(2,47)38-9-5-8-33(49-38)41(57)50-35-20-29-26-54(52-34(29)21-37(35)61-3)30-12-10-27(11-13-30)25-53-18-16-46(17-19-53)22-28(23-46)24-48-32-7-4-6-31-40(32)44(60)55(43(31)59)36-14-15-39(56)51-42(36)58/h4-9,20-21,26-28,30,36,48H,10-19,22-25H2,1-3H3,(H,50,57)(H,51,56,58)/t27-,30-,36?. The largest absolute Gasteiger partial charge is 0.494 e. The lowest BCUT2D eigenvalue weighted by Crippen LogP contribution is -2.54. The van der Waals surface area contributed by atoms with Crippen molar-refractivity contribution in [1.29, 1.82) is 0 Å². The van der Waals surface area contributed by atoms with E-state index in [1.807, 2.05) is 18.2 Å². The van der Waals surface area contributed by atoms with E-state index in [1.165, 1.54) is 26.7 Å². The van der Waals surface area contributed by atoms with E-state index in [0.29, 0.717) is 51.5 Å². The van der Waals surface area contributed by atoms with E-state index >= 15 is 0 Å². The van der Waals surface area contributed by atoms with Crippen LogP contribution >= 0.6 is 0 Å². The molecule has 14 nitrogen and oxygen atoms in total. The van der Waals surface area contributed by atoms with Crippen LogP contribution in [0.15, 0.2) is 54.7 Å². The monoisotopic (exact) mass is 832 g/mol. The van der Waals surface area contributed by atoms with Crippen LogP contribution in [0.1, 0.15) is 121 Å². The zero-order valence-electron chi connectivity index (χ0n) is 35.0. The molecule has 5 amide bonds. The van der Waals surface area contributed by atoms with Crippen molar-refractivity contribution in [3.05, 3.63) is 77.2 Å². The zero-order valence-corrected chi connectivity index (χ0v) is 35.0. The number of ether oxygens (including phenoxy) is 1. The van der Waals surface area contributed by atoms with E-state index < -0.39 is 41.2 Å². The Labute approximate surface area is 353 Å². The predicted octanol–water partition coefficient (Wildman–Crippen LogP) is 6.63. The van der Waals surface area contributed by atoms with Crippen LogP contribution < -0.4 is 20.7 Å². The highest BCUT2D eigenvalue weighted by atomic mass is 19.1. The Bertz CT molecular complexity index is 2400. The number of alkyl halides is 1. The van der Waals surface area contributed by atoms with Gasteiger partial charge in [0.15, 0.2) is 0 Å². The number of hydrogen-bond acceptors (Lipinski definition) is 10. The number of benzene rings is 2. The number of carbonyl (C=O) groups excluding carboxylic acids is 5. The van der Waals surface area contributed by atoms with Gasteiger partial charge in [-0.1, -0.05) is 12.1 Å². The highest BCUT2D eigenvalue weighted by Crippen LogP contribution is 2.53. The minimum Gasteiger partial charge on any atom is -0.494 e. The normalized spacial score (nSPS) is 23.2. The summed E-state index contributed by atoms with van der Waals surface area (Å²) in [6.45, 7) is 6.88. The van der Waals surface area contributed by atoms with Crippen LogP contribution in [0.3, 0.4) is 0 Å². The lowest BCUT2D eigenvalue weighted by molar-refractivity contribution is -0.136. The number of halogens is 1. The van der Waals surface area contributed by atoms with Gasteiger partial charge in [0.25, 0.3) is 17.7 Å². The summed E-state index contributed by atoms with van der Waals surface area (Å²) in [6, 6.07) is 13.0. The van der Waals surface area contributed by atoms with Gasteiger partial charge in [0, 0.05) is 42.8 Å². The summed E-state index contributed by atoms with van der Waals surface area (Å²) >= 11 is 0. The Morgan fingerprint density at radius 1 is 0.951 bits per heavy atom. The summed E-state index contributed by atoms with van der Waals surface area (Å²) in [5, 5.41) is 14.4. The number of nitrogens with zero attached hydrogens (tertiary/aromatic N) is 5. The number of imide groups is 2. The summed E-state index contributed by atoms with van der Waals surface area (Å²) in [4.78, 5) is 72.0. The van der Waals surface area contributed by atoms with E-state index in [1.54, 1.807) is 37.4 Å². The number of amides is 5. The average Bonchev–Trinajstić information content (AvgIpc) is 3.76. The van der Waals surface area contributed by atoms with Gasteiger partial charge < -0.3 is 20.3 Å². The summed E-state index contributed by atoms with van der Waals surface area (Å²) in [6.07, 6.45) is 11.3. The second-order valence-corrected chi connectivity index (χ2v) is 18.4. The molecule has 15 heteroatoms. The van der Waals surface area contributed by atoms with Gasteiger partial charge >= 0.3 is 0 Å². The number of methoxy groups -OCH3 is 1. The number of piperidine rings is 2. The first-order valence-corrected chi connectivity index (χ1v) is 21.6. The van der Waals surface area contributed by atoms with E-state index in [0.717, 1.165) is 80.5 Å². The highest BCUT2D eigenvalue weighted by Gasteiger charge is 2.47. The molecule has 4 aromatic rings. The van der Waals surface area contributed by atoms with Gasteiger partial charge in [-0.25, -0.2) is 9.37 Å². The molecule has 1 atom stereocenters. The first-order valence-electron chi connectivity index (χ1n) is 21.6. The first kappa shape index (κ1) is 40.7. The fourth-order valence-electron chi connectivity index (χ4n) is 10.4. The molecule has 1 spiro atoms. The fourth-order valence-corrected chi connectivity index (χ4v) is 10.4. The number of aromatic nitrogens is 3. The summed E-state index contributed by atoms with van der Waals surface area (Å²) in [5.41, 5.74) is 1.53. The molecule has 2 aromatic carbocycles. The molecule has 4 fully saturated rings. The van der Waals surface area contributed by atoms with Crippen LogP contribution in [0.5, 0.6) is 5.75 Å². The Morgan fingerprint density at radius 3 is 2.43 bits per heavy atom. The van der Waals surface area contributed by atoms with Crippen LogP contribution in [-0.4, -0.2) is 93.4 Å². The van der Waals surface area contributed by atoms with E-state index in [4.69, 9.17) is 9.84 Å². The van der Waals surface area contributed by atoms with Crippen molar-refractivity contribution in [3.63, 3.8) is 0 Å². The highest BCUT2D eigenvalue weighted by molar-refractivity contribution is 6.25. The lowest BCUT2D eigenvalue weighted by Gasteiger charge is -2.53. The maximum absolute atomic E-state index is 14.5. The molecule has 3 N–H and O–H groups in total. The van der Waals surface area contributed by atoms with Crippen LogP contribution in [0.25, 0.3) is 10.9 Å². The van der Waals surface area contributed by atoms with Crippen molar-refractivity contribution in [1.82, 2.24) is 29.9 Å². The van der Waals surface area contributed by atoms with Crippen LogP contribution in [-0.2, 0) is 15.3 Å². The molecule has 2 aliphatic carbocycles. The third kappa shape index (κ3) is 7.99. The molecule has 2 aromatic heterocycles. The number of rotatable bonds is 11. The minimum atomic E-state index is -1.67. The van der Waals surface area contributed by atoms with Crippen molar-refractivity contribution < 1.29 is 33.1 Å². The molecule has 2 saturated carbocycles. The predicted molar refractivity (Wildman–Crippen MR) is 226 cm³/mol. The van der Waals surface area contributed by atoms with Gasteiger partial charge in [-0.2, -0.15) is 5.10 Å². The van der Waals surface area contributed by atoms with Gasteiger partial charge in [0.1, 0.15) is 23.2 Å². The number of anilines is 2. The van der Waals surface area contributed by atoms with Gasteiger partial charge in [-0.3, -0.25) is 38.9 Å². The third-order valence-corrected chi connectivity index (χ3v) is 13.8. The Kier molecular flexibility index (Phi) is 10.6. The van der Waals surface area contributed by atoms with Crippen molar-refractivity contribution in [2.24, 2.45) is 17.3 Å². The van der Waals surface area contributed by atoms with Crippen molar-refractivity contribution in [3.8, 4) is 5.75 Å². The van der Waals surface area contributed by atoms with Crippen LogP contribution in [0.4, 0.5) is 15.8 Å². The van der Waals surface area contributed by atoms with E-state index in [2.05, 4.69) is 36.7 Å². The van der Waals surface area contributed by atoms with E-state index in [-0.39, 0.29) is 24.2 Å². The van der Waals surface area contributed by atoms with Crippen molar-refractivity contribution in [2.45, 2.75) is 95.8 Å². The number of likely N-dealkylation sites (tertiary alicyclic amines) is 1. The summed E-state index contributed by atoms with van der Waals surface area (Å²) in [7, 11) is 1.55. The van der Waals surface area contributed by atoms with E-state index in [9.17, 15) is 28.4 Å². The Morgan fingerprint density at radius 2 is 1.70 bits per heavy atom. The SMILES string of the molecule is COc1cc2nn([C@H]3CC[C@H](CN4CCC5(CC4)CC(CNc4cccc6c4C(=O)N(C4CCC(=O)NC4=O)C6=O)C5)CC3)cc2cc1NC(=O)c1cccc(C(C)(C)F)n1. The number of carbonyl (C=O) groups is 5. The third-order valence-electron chi connectivity index (χ3n) is 13.8. The van der Waals surface area contributed by atoms with Gasteiger partial charge in [0.05, 0.1) is 41.2 Å². The molecule has 5 heterocycles. The maximum Gasteiger partial charge on any atom is 0.274 e. The molecule has 9 rings (SSSR count). The average molecular weight is 833 g/mol. The lowest BCUT2D eigenvalue weighted by atomic mass is 9.57. The van der Waals surface area contributed by atoms with Crippen molar-refractivity contribution >= 4 is 51.8 Å². The van der Waals surface area contributed by atoms with Gasteiger partial charge in [-0.05, 0) is 132 Å². The number of nitrogens with one attached hydrogen (secondary N) is 3. The second kappa shape index (κ2) is 16.0. The molecule has 1 unspecified atom stereocenters. The molecule has 2 saturated heterocycles. The topological polar surface area (TPSA) is 168 Å². The molecule has 320 valence electrons. The number of hydrogen-bond donors (Lipinski definition) is 3. The molecule has 0 radical (unpaired) electrons. The second-order valence-electron chi connectivity index (χ2n) is 18.4. The first-order chi connectivity index (χ1) is 29.3. The summed E-state index contributed by atoms with van der Waals surface area (Å²) < 4.78 is 22.2. The molecular formula is C46H53FN8O6. The van der Waals surface area contributed by atoms with Crippen LogP contribution in [0, 0.1) is 17.3 Å². The maximum atomic E-state index is 14.5. The van der Waals surface area contributed by atoms with Gasteiger partial charge in [0.2, 0.25) is 11.8 Å². The van der Waals surface area contributed by atoms with Crippen molar-refractivity contribution in [2.75, 3.05) is 43.9 Å². The molecule has 3 aliphatic heterocycles. The number of pyridine rings is 1.